The molecule has 0 aliphatic heterocycles. The highest BCUT2D eigenvalue weighted by Crippen LogP contribution is 2.48. The molecule has 0 spiro atoms. The molecule has 1 amide bonds. The van der Waals surface area contributed by atoms with Crippen LogP contribution >= 0.6 is 0 Å². The Bertz CT molecular complexity index is 464. The molecule has 2 atom stereocenters. The normalized spacial score (nSPS) is 24.8. The van der Waals surface area contributed by atoms with Crippen LogP contribution in [-0.4, -0.2) is 23.9 Å². The summed E-state index contributed by atoms with van der Waals surface area (Å²) in [5.41, 5.74) is 1.45. The van der Waals surface area contributed by atoms with E-state index in [9.17, 15) is 4.79 Å². The van der Waals surface area contributed by atoms with Crippen LogP contribution in [0.2, 0.25) is 0 Å². The van der Waals surface area contributed by atoms with Gasteiger partial charge in [0.15, 0.2) is 0 Å². The van der Waals surface area contributed by atoms with Gasteiger partial charge in [0.05, 0.1) is 0 Å². The average molecular weight is 271 g/mol. The zero-order chi connectivity index (χ0) is 14.1. The van der Waals surface area contributed by atoms with Crippen molar-refractivity contribution >= 4 is 5.91 Å². The molecule has 2 saturated carbocycles. The van der Waals surface area contributed by atoms with Gasteiger partial charge >= 0.3 is 0 Å². The fraction of sp³-hybridized carbons (Fsp3) is 0.611. The van der Waals surface area contributed by atoms with E-state index in [1.165, 1.54) is 12.0 Å². The summed E-state index contributed by atoms with van der Waals surface area (Å²) in [5.74, 6) is 2.68. The molecule has 108 valence electrons. The monoisotopic (exact) mass is 271 g/mol. The van der Waals surface area contributed by atoms with E-state index < -0.39 is 0 Å². The minimum absolute atomic E-state index is 0.350. The van der Waals surface area contributed by atoms with E-state index in [1.807, 2.05) is 0 Å². The quantitative estimate of drug-likeness (QED) is 0.773. The van der Waals surface area contributed by atoms with Gasteiger partial charge in [-0.1, -0.05) is 44.2 Å². The zero-order valence-electron chi connectivity index (χ0n) is 12.6. The van der Waals surface area contributed by atoms with E-state index in [0.29, 0.717) is 29.6 Å². The average Bonchev–Trinajstić information content (AvgIpc) is 3.32. The van der Waals surface area contributed by atoms with Gasteiger partial charge in [0.1, 0.15) is 0 Å². The molecule has 2 nitrogen and oxygen atoms in total. The molecule has 1 aromatic carbocycles. The molecule has 2 aliphatic rings. The molecule has 2 aliphatic carbocycles. The number of carbonyl (C=O) groups is 1. The van der Waals surface area contributed by atoms with Gasteiger partial charge < -0.3 is 4.90 Å². The first kappa shape index (κ1) is 13.7. The summed E-state index contributed by atoms with van der Waals surface area (Å²) in [7, 11) is 0. The molecular weight excluding hydrogens is 246 g/mol. The topological polar surface area (TPSA) is 20.3 Å². The van der Waals surface area contributed by atoms with Crippen LogP contribution in [0.15, 0.2) is 30.3 Å². The predicted molar refractivity (Wildman–Crippen MR) is 81.4 cm³/mol. The first-order valence-corrected chi connectivity index (χ1v) is 7.99. The molecule has 1 aromatic rings. The molecule has 2 fully saturated rings. The van der Waals surface area contributed by atoms with Crippen LogP contribution in [0.4, 0.5) is 0 Å². The Kier molecular flexibility index (Phi) is 3.82. The maximum absolute atomic E-state index is 12.4. The number of hydrogen-bond acceptors (Lipinski definition) is 1. The van der Waals surface area contributed by atoms with E-state index in [2.05, 4.69) is 49.1 Å². The summed E-state index contributed by atoms with van der Waals surface area (Å²) in [5, 5.41) is 0. The summed E-state index contributed by atoms with van der Waals surface area (Å²) in [6.45, 7) is 6.30. The van der Waals surface area contributed by atoms with Crippen molar-refractivity contribution < 1.29 is 4.79 Å². The third kappa shape index (κ3) is 3.23. The second kappa shape index (κ2) is 5.59. The molecule has 0 saturated heterocycles. The van der Waals surface area contributed by atoms with Crippen LogP contribution in [0.5, 0.6) is 0 Å². The van der Waals surface area contributed by atoms with Gasteiger partial charge in [-0.05, 0) is 42.6 Å². The van der Waals surface area contributed by atoms with E-state index in [4.69, 9.17) is 0 Å². The Morgan fingerprint density at radius 1 is 1.25 bits per heavy atom. The van der Waals surface area contributed by atoms with E-state index in [1.54, 1.807) is 0 Å². The third-order valence-electron chi connectivity index (χ3n) is 4.43. The lowest BCUT2D eigenvalue weighted by Gasteiger charge is -2.25. The number of amides is 1. The SMILES string of the molecule is CC(C)CN(C[C@H]1CC1c1ccccc1)C(=O)C1CC1. The molecule has 0 radical (unpaired) electrons. The molecule has 20 heavy (non-hydrogen) atoms. The molecule has 0 heterocycles. The fourth-order valence-electron chi connectivity index (χ4n) is 3.12. The number of benzene rings is 1. The van der Waals surface area contributed by atoms with Crippen LogP contribution in [0, 0.1) is 17.8 Å². The summed E-state index contributed by atoms with van der Waals surface area (Å²) in [6.07, 6.45) is 3.47. The Labute approximate surface area is 122 Å². The highest BCUT2D eigenvalue weighted by atomic mass is 16.2. The summed E-state index contributed by atoms with van der Waals surface area (Å²) in [6, 6.07) is 10.8. The highest BCUT2D eigenvalue weighted by Gasteiger charge is 2.42. The van der Waals surface area contributed by atoms with Crippen LogP contribution < -0.4 is 0 Å². The molecule has 0 aromatic heterocycles. The van der Waals surface area contributed by atoms with Gasteiger partial charge in [-0.25, -0.2) is 0 Å². The van der Waals surface area contributed by atoms with Crippen molar-refractivity contribution in [2.75, 3.05) is 13.1 Å². The third-order valence-corrected chi connectivity index (χ3v) is 4.43. The van der Waals surface area contributed by atoms with Crippen molar-refractivity contribution in [1.82, 2.24) is 4.90 Å². The summed E-state index contributed by atoms with van der Waals surface area (Å²) < 4.78 is 0. The predicted octanol–water partition coefficient (Wildman–Crippen LogP) is 3.68. The van der Waals surface area contributed by atoms with Gasteiger partial charge in [0.25, 0.3) is 0 Å². The number of carbonyl (C=O) groups excluding carboxylic acids is 1. The number of rotatable bonds is 6. The Hall–Kier alpha value is -1.31. The van der Waals surface area contributed by atoms with Crippen LogP contribution in [0.25, 0.3) is 0 Å². The lowest BCUT2D eigenvalue weighted by Crippen LogP contribution is -2.37. The van der Waals surface area contributed by atoms with Gasteiger partial charge in [-0.15, -0.1) is 0 Å². The van der Waals surface area contributed by atoms with E-state index in [-0.39, 0.29) is 0 Å². The van der Waals surface area contributed by atoms with Crippen molar-refractivity contribution in [3.63, 3.8) is 0 Å². The van der Waals surface area contributed by atoms with Crippen LogP contribution in [-0.2, 0) is 4.79 Å². The second-order valence-electron chi connectivity index (χ2n) is 6.92. The molecule has 0 N–H and O–H groups in total. The molecule has 1 unspecified atom stereocenters. The van der Waals surface area contributed by atoms with Crippen molar-refractivity contribution in [1.29, 1.82) is 0 Å². The minimum atomic E-state index is 0.350. The lowest BCUT2D eigenvalue weighted by atomic mass is 10.1. The van der Waals surface area contributed by atoms with Gasteiger partial charge in [0.2, 0.25) is 5.91 Å². The maximum atomic E-state index is 12.4. The molecular formula is C18H25NO. The molecule has 2 heteroatoms. The van der Waals surface area contributed by atoms with Crippen LogP contribution in [0.1, 0.15) is 44.6 Å². The van der Waals surface area contributed by atoms with Gasteiger partial charge in [0, 0.05) is 19.0 Å². The standard InChI is InChI=1S/C18H25NO/c1-13(2)11-19(18(20)15-8-9-15)12-16-10-17(16)14-6-4-3-5-7-14/h3-7,13,15-17H,8-12H2,1-2H3/t16-,17?/m1/s1. The van der Waals surface area contributed by atoms with Crippen molar-refractivity contribution in [3.05, 3.63) is 35.9 Å². The van der Waals surface area contributed by atoms with Crippen LogP contribution in [0.3, 0.4) is 0 Å². The van der Waals surface area contributed by atoms with Crippen molar-refractivity contribution in [2.24, 2.45) is 17.8 Å². The fourth-order valence-corrected chi connectivity index (χ4v) is 3.12. The van der Waals surface area contributed by atoms with Crippen molar-refractivity contribution in [3.8, 4) is 0 Å². The largest absolute Gasteiger partial charge is 0.342 e. The lowest BCUT2D eigenvalue weighted by molar-refractivity contribution is -0.133. The summed E-state index contributed by atoms with van der Waals surface area (Å²) in [4.78, 5) is 14.5. The minimum Gasteiger partial charge on any atom is -0.342 e. The molecule has 0 bridgehead atoms. The zero-order valence-corrected chi connectivity index (χ0v) is 12.6. The number of hydrogen-bond donors (Lipinski definition) is 0. The summed E-state index contributed by atoms with van der Waals surface area (Å²) >= 11 is 0. The Balaban J connectivity index is 1.59. The van der Waals surface area contributed by atoms with E-state index >= 15 is 0 Å². The smallest absolute Gasteiger partial charge is 0.225 e. The van der Waals surface area contributed by atoms with Gasteiger partial charge in [-0.2, -0.15) is 0 Å². The highest BCUT2D eigenvalue weighted by molar-refractivity contribution is 5.81. The first-order valence-electron chi connectivity index (χ1n) is 7.99. The Morgan fingerprint density at radius 3 is 2.55 bits per heavy atom. The second-order valence-corrected chi connectivity index (χ2v) is 6.92. The Morgan fingerprint density at radius 2 is 1.95 bits per heavy atom. The maximum Gasteiger partial charge on any atom is 0.225 e. The number of nitrogens with zero attached hydrogens (tertiary/aromatic N) is 1. The first-order chi connectivity index (χ1) is 9.65. The van der Waals surface area contributed by atoms with Gasteiger partial charge in [-0.3, -0.25) is 4.79 Å². The molecule has 3 rings (SSSR count). The van der Waals surface area contributed by atoms with E-state index in [0.717, 1.165) is 25.9 Å². The van der Waals surface area contributed by atoms with Crippen molar-refractivity contribution in [2.45, 2.75) is 39.0 Å².